The van der Waals surface area contributed by atoms with E-state index in [2.05, 4.69) is 16.7 Å². The number of carbonyl (C=O) groups is 2. The van der Waals surface area contributed by atoms with E-state index < -0.39 is 0 Å². The molecular formula is C10H11N2O2. The summed E-state index contributed by atoms with van der Waals surface area (Å²) in [5, 5.41) is 5.18. The van der Waals surface area contributed by atoms with Gasteiger partial charge in [0.25, 0.3) is 0 Å². The highest BCUT2D eigenvalue weighted by atomic mass is 16.2. The van der Waals surface area contributed by atoms with Gasteiger partial charge in [-0.1, -0.05) is 6.07 Å². The zero-order valence-electron chi connectivity index (χ0n) is 8.05. The molecule has 0 bridgehead atoms. The summed E-state index contributed by atoms with van der Waals surface area (Å²) >= 11 is 0. The first-order valence-corrected chi connectivity index (χ1v) is 4.15. The summed E-state index contributed by atoms with van der Waals surface area (Å²) in [6, 6.07) is 7.81. The van der Waals surface area contributed by atoms with Crippen molar-refractivity contribution in [3.63, 3.8) is 0 Å². The molecule has 0 atom stereocenters. The Morgan fingerprint density at radius 2 is 1.86 bits per heavy atom. The standard InChI is InChI=1S/C10H11N2O2/c1-7(13)11-9-4-3-5-10(6-9)12-8(2)14/h3-4,6H,1-2H3,(H,11,13)(H,12,14). The van der Waals surface area contributed by atoms with Crippen LogP contribution in [0.15, 0.2) is 18.2 Å². The van der Waals surface area contributed by atoms with Crippen molar-refractivity contribution in [2.75, 3.05) is 10.6 Å². The molecule has 0 unspecified atom stereocenters. The predicted octanol–water partition coefficient (Wildman–Crippen LogP) is 1.40. The molecule has 0 heterocycles. The molecule has 1 aromatic carbocycles. The molecule has 4 heteroatoms. The second-order valence-corrected chi connectivity index (χ2v) is 2.85. The second kappa shape index (κ2) is 4.41. The van der Waals surface area contributed by atoms with E-state index in [1.54, 1.807) is 18.2 Å². The number of hydrogen-bond acceptors (Lipinski definition) is 2. The van der Waals surface area contributed by atoms with Crippen LogP contribution in [0.2, 0.25) is 0 Å². The lowest BCUT2D eigenvalue weighted by Crippen LogP contribution is -2.08. The van der Waals surface area contributed by atoms with Crippen molar-refractivity contribution >= 4 is 23.2 Å². The largest absolute Gasteiger partial charge is 0.326 e. The third-order valence-corrected chi connectivity index (χ3v) is 1.43. The van der Waals surface area contributed by atoms with Crippen molar-refractivity contribution in [3.05, 3.63) is 24.3 Å². The Morgan fingerprint density at radius 1 is 1.21 bits per heavy atom. The minimum absolute atomic E-state index is 0.148. The van der Waals surface area contributed by atoms with E-state index in [0.29, 0.717) is 11.4 Å². The van der Waals surface area contributed by atoms with Crippen LogP contribution in [-0.4, -0.2) is 11.8 Å². The zero-order chi connectivity index (χ0) is 10.6. The van der Waals surface area contributed by atoms with E-state index in [1.807, 2.05) is 0 Å². The minimum Gasteiger partial charge on any atom is -0.326 e. The molecule has 0 aromatic heterocycles. The summed E-state index contributed by atoms with van der Waals surface area (Å²) in [5.41, 5.74) is 1.18. The Labute approximate surface area is 82.3 Å². The Kier molecular flexibility index (Phi) is 3.23. The van der Waals surface area contributed by atoms with Crippen molar-refractivity contribution < 1.29 is 9.59 Å². The second-order valence-electron chi connectivity index (χ2n) is 2.85. The van der Waals surface area contributed by atoms with Crippen molar-refractivity contribution in [2.24, 2.45) is 0 Å². The third kappa shape index (κ3) is 3.26. The summed E-state index contributed by atoms with van der Waals surface area (Å²) in [7, 11) is 0. The van der Waals surface area contributed by atoms with Gasteiger partial charge in [-0.25, -0.2) is 0 Å². The average molecular weight is 191 g/mol. The van der Waals surface area contributed by atoms with Gasteiger partial charge < -0.3 is 10.6 Å². The van der Waals surface area contributed by atoms with Gasteiger partial charge in [-0.2, -0.15) is 0 Å². The summed E-state index contributed by atoms with van der Waals surface area (Å²) in [6.07, 6.45) is 0. The maximum atomic E-state index is 10.7. The molecule has 0 aliphatic rings. The number of amides is 2. The highest BCUT2D eigenvalue weighted by molar-refractivity contribution is 5.92. The molecule has 0 aliphatic carbocycles. The molecule has 73 valence electrons. The molecule has 0 fully saturated rings. The fraction of sp³-hybridized carbons (Fsp3) is 0.200. The van der Waals surface area contributed by atoms with Crippen LogP contribution in [0.25, 0.3) is 0 Å². The number of anilines is 2. The van der Waals surface area contributed by atoms with Crippen LogP contribution in [0.4, 0.5) is 11.4 Å². The zero-order valence-corrected chi connectivity index (χ0v) is 8.05. The number of hydrogen-bond donors (Lipinski definition) is 2. The first-order valence-electron chi connectivity index (χ1n) is 4.15. The Hall–Kier alpha value is -1.84. The number of carbonyl (C=O) groups excluding carboxylic acids is 2. The van der Waals surface area contributed by atoms with E-state index in [0.717, 1.165) is 0 Å². The summed E-state index contributed by atoms with van der Waals surface area (Å²) in [6.45, 7) is 2.84. The number of benzene rings is 1. The van der Waals surface area contributed by atoms with Crippen LogP contribution in [-0.2, 0) is 9.59 Å². The van der Waals surface area contributed by atoms with Crippen molar-refractivity contribution in [3.8, 4) is 0 Å². The van der Waals surface area contributed by atoms with Gasteiger partial charge in [-0.3, -0.25) is 9.59 Å². The molecule has 2 N–H and O–H groups in total. The molecule has 14 heavy (non-hydrogen) atoms. The molecule has 4 nitrogen and oxygen atoms in total. The molecule has 0 saturated carbocycles. The van der Waals surface area contributed by atoms with Crippen LogP contribution in [0.5, 0.6) is 0 Å². The third-order valence-electron chi connectivity index (χ3n) is 1.43. The van der Waals surface area contributed by atoms with Crippen LogP contribution in [0.3, 0.4) is 0 Å². The van der Waals surface area contributed by atoms with E-state index in [9.17, 15) is 9.59 Å². The Balaban J connectivity index is 2.78. The predicted molar refractivity (Wildman–Crippen MR) is 53.9 cm³/mol. The van der Waals surface area contributed by atoms with Crippen LogP contribution in [0, 0.1) is 6.07 Å². The molecule has 0 aliphatic heterocycles. The topological polar surface area (TPSA) is 58.2 Å². The van der Waals surface area contributed by atoms with E-state index in [4.69, 9.17) is 0 Å². The summed E-state index contributed by atoms with van der Waals surface area (Å²) < 4.78 is 0. The quantitative estimate of drug-likeness (QED) is 0.742. The fourth-order valence-electron chi connectivity index (χ4n) is 1.01. The Bertz CT molecular complexity index is 330. The van der Waals surface area contributed by atoms with Crippen molar-refractivity contribution in [2.45, 2.75) is 13.8 Å². The van der Waals surface area contributed by atoms with Gasteiger partial charge in [0.15, 0.2) is 0 Å². The normalized spacial score (nSPS) is 9.29. The SMILES string of the molecule is CC(=O)Nc1[c]ccc(NC(C)=O)c1. The molecule has 0 spiro atoms. The summed E-state index contributed by atoms with van der Waals surface area (Å²) in [5.74, 6) is -0.314. The molecule has 1 aromatic rings. The van der Waals surface area contributed by atoms with Crippen molar-refractivity contribution in [1.29, 1.82) is 0 Å². The lowest BCUT2D eigenvalue weighted by Gasteiger charge is -2.05. The van der Waals surface area contributed by atoms with Gasteiger partial charge in [0, 0.05) is 25.6 Å². The van der Waals surface area contributed by atoms with Crippen molar-refractivity contribution in [1.82, 2.24) is 0 Å². The van der Waals surface area contributed by atoms with E-state index in [1.165, 1.54) is 13.8 Å². The Morgan fingerprint density at radius 3 is 2.43 bits per heavy atom. The molecule has 0 saturated heterocycles. The molecule has 2 amide bonds. The smallest absolute Gasteiger partial charge is 0.221 e. The maximum absolute atomic E-state index is 10.7. The maximum Gasteiger partial charge on any atom is 0.221 e. The van der Waals surface area contributed by atoms with Crippen LogP contribution in [0.1, 0.15) is 13.8 Å². The molecule has 1 rings (SSSR count). The molecular weight excluding hydrogens is 180 g/mol. The first-order chi connectivity index (χ1) is 6.58. The van der Waals surface area contributed by atoms with Gasteiger partial charge in [0.2, 0.25) is 11.8 Å². The minimum atomic E-state index is -0.166. The van der Waals surface area contributed by atoms with Gasteiger partial charge in [0.1, 0.15) is 0 Å². The van der Waals surface area contributed by atoms with Gasteiger partial charge in [-0.15, -0.1) is 0 Å². The van der Waals surface area contributed by atoms with E-state index in [-0.39, 0.29) is 11.8 Å². The monoisotopic (exact) mass is 191 g/mol. The van der Waals surface area contributed by atoms with E-state index >= 15 is 0 Å². The first kappa shape index (κ1) is 10.2. The van der Waals surface area contributed by atoms with Crippen LogP contribution >= 0.6 is 0 Å². The molecule has 1 radical (unpaired) electrons. The van der Waals surface area contributed by atoms with Gasteiger partial charge in [0.05, 0.1) is 5.69 Å². The number of rotatable bonds is 2. The average Bonchev–Trinajstić information content (AvgIpc) is 2.01. The highest BCUT2D eigenvalue weighted by Crippen LogP contribution is 2.13. The lowest BCUT2D eigenvalue weighted by molar-refractivity contribution is -0.115. The van der Waals surface area contributed by atoms with Crippen LogP contribution < -0.4 is 10.6 Å². The fourth-order valence-corrected chi connectivity index (χ4v) is 1.01. The number of nitrogens with one attached hydrogen (secondary N) is 2. The van der Waals surface area contributed by atoms with Gasteiger partial charge >= 0.3 is 0 Å². The lowest BCUT2D eigenvalue weighted by atomic mass is 10.2. The highest BCUT2D eigenvalue weighted by Gasteiger charge is 1.98. The van der Waals surface area contributed by atoms with Gasteiger partial charge in [-0.05, 0) is 12.1 Å². The summed E-state index contributed by atoms with van der Waals surface area (Å²) in [4.78, 5) is 21.5.